The van der Waals surface area contributed by atoms with Gasteiger partial charge in [-0.3, -0.25) is 14.3 Å². The lowest BCUT2D eigenvalue weighted by Crippen LogP contribution is -2.36. The second kappa shape index (κ2) is 8.44. The number of rotatable bonds is 3. The molecular weight excluding hydrogens is 382 g/mol. The molecule has 7 nitrogen and oxygen atoms in total. The number of halogens is 2. The number of alkyl halides is 2. The van der Waals surface area contributed by atoms with Crippen molar-refractivity contribution in [2.75, 3.05) is 20.1 Å². The third kappa shape index (κ3) is 5.00. The summed E-state index contributed by atoms with van der Waals surface area (Å²) in [4.78, 5) is 31.8. The first-order chi connectivity index (χ1) is 13.8. The van der Waals surface area contributed by atoms with Crippen molar-refractivity contribution in [3.63, 3.8) is 0 Å². The highest BCUT2D eigenvalue weighted by molar-refractivity contribution is 5.88. The molecule has 1 saturated heterocycles. The van der Waals surface area contributed by atoms with Gasteiger partial charge in [0.2, 0.25) is 0 Å². The van der Waals surface area contributed by atoms with Gasteiger partial charge in [0.05, 0.1) is 17.4 Å². The van der Waals surface area contributed by atoms with Crippen molar-refractivity contribution < 1.29 is 23.5 Å². The fourth-order valence-corrected chi connectivity index (χ4v) is 2.94. The van der Waals surface area contributed by atoms with Crippen LogP contribution < -0.4 is 0 Å². The molecule has 1 aliphatic heterocycles. The number of carbonyl (C=O) groups excluding carboxylic acids is 1. The van der Waals surface area contributed by atoms with Crippen molar-refractivity contribution in [2.24, 2.45) is 0 Å². The SMILES string of the molecule is CN1CCC(F)(F)CC1.O=Cc1cnc2c(ccn2-c2cncc(C(=O)O)c2)c1. The largest absolute Gasteiger partial charge is 0.478 e. The zero-order chi connectivity index (χ0) is 21.0. The molecule has 1 N–H and O–H groups in total. The Labute approximate surface area is 165 Å². The minimum absolute atomic E-state index is 0.0312. The Hall–Kier alpha value is -3.20. The van der Waals surface area contributed by atoms with Crippen LogP contribution in [0.3, 0.4) is 0 Å². The molecule has 0 spiro atoms. The Bertz CT molecular complexity index is 1030. The quantitative estimate of drug-likeness (QED) is 0.677. The Kier molecular flexibility index (Phi) is 5.97. The van der Waals surface area contributed by atoms with Gasteiger partial charge in [0, 0.05) is 55.5 Å². The molecule has 1 aliphatic rings. The van der Waals surface area contributed by atoms with E-state index in [0.717, 1.165) is 11.7 Å². The Morgan fingerprint density at radius 1 is 1.21 bits per heavy atom. The maximum atomic E-state index is 12.4. The molecule has 4 heterocycles. The van der Waals surface area contributed by atoms with Crippen LogP contribution in [0.1, 0.15) is 33.6 Å². The first-order valence-corrected chi connectivity index (χ1v) is 8.96. The van der Waals surface area contributed by atoms with E-state index in [9.17, 15) is 18.4 Å². The second-order valence-corrected chi connectivity index (χ2v) is 6.88. The number of pyridine rings is 2. The van der Waals surface area contributed by atoms with Gasteiger partial charge in [-0.15, -0.1) is 0 Å². The molecule has 3 aromatic rings. The van der Waals surface area contributed by atoms with Crippen LogP contribution in [0.25, 0.3) is 16.7 Å². The van der Waals surface area contributed by atoms with E-state index in [1.54, 1.807) is 23.0 Å². The van der Waals surface area contributed by atoms with E-state index < -0.39 is 11.9 Å². The maximum Gasteiger partial charge on any atom is 0.337 e. The van der Waals surface area contributed by atoms with Crippen molar-refractivity contribution in [1.82, 2.24) is 19.4 Å². The van der Waals surface area contributed by atoms with E-state index in [-0.39, 0.29) is 18.4 Å². The smallest absolute Gasteiger partial charge is 0.337 e. The molecule has 0 amide bonds. The number of hydrogen-bond donors (Lipinski definition) is 1. The molecule has 3 aromatic heterocycles. The van der Waals surface area contributed by atoms with Gasteiger partial charge in [0.15, 0.2) is 6.29 Å². The normalized spacial score (nSPS) is 16.1. The molecule has 0 bridgehead atoms. The predicted molar refractivity (Wildman–Crippen MR) is 103 cm³/mol. The lowest BCUT2D eigenvalue weighted by Gasteiger charge is -2.28. The molecule has 4 rings (SSSR count). The maximum absolute atomic E-state index is 12.4. The average Bonchev–Trinajstić information content (AvgIpc) is 3.14. The number of carboxylic acid groups (broad SMARTS) is 1. The summed E-state index contributed by atoms with van der Waals surface area (Å²) >= 11 is 0. The first kappa shape index (κ1) is 20.5. The van der Waals surface area contributed by atoms with Gasteiger partial charge in [-0.05, 0) is 25.2 Å². The summed E-state index contributed by atoms with van der Waals surface area (Å²) in [7, 11) is 1.87. The number of likely N-dealkylation sites (tertiary alicyclic amines) is 1. The summed E-state index contributed by atoms with van der Waals surface area (Å²) in [5.74, 6) is -3.42. The summed E-state index contributed by atoms with van der Waals surface area (Å²) < 4.78 is 26.4. The van der Waals surface area contributed by atoms with Crippen molar-refractivity contribution in [3.05, 3.63) is 54.1 Å². The number of aromatic nitrogens is 3. The van der Waals surface area contributed by atoms with Crippen LogP contribution in [0, 0.1) is 0 Å². The second-order valence-electron chi connectivity index (χ2n) is 6.88. The van der Waals surface area contributed by atoms with Gasteiger partial charge >= 0.3 is 5.97 Å². The van der Waals surface area contributed by atoms with Gasteiger partial charge in [-0.25, -0.2) is 18.6 Å². The van der Waals surface area contributed by atoms with Crippen LogP contribution in [0.4, 0.5) is 8.78 Å². The van der Waals surface area contributed by atoms with Crippen LogP contribution in [-0.4, -0.2) is 62.9 Å². The van der Waals surface area contributed by atoms with Gasteiger partial charge in [0.1, 0.15) is 5.65 Å². The van der Waals surface area contributed by atoms with Gasteiger partial charge in [-0.2, -0.15) is 0 Å². The lowest BCUT2D eigenvalue weighted by atomic mass is 10.1. The molecule has 0 aromatic carbocycles. The molecule has 29 heavy (non-hydrogen) atoms. The summed E-state index contributed by atoms with van der Waals surface area (Å²) in [6, 6.07) is 5.05. The summed E-state index contributed by atoms with van der Waals surface area (Å²) in [6.07, 6.45) is 6.87. The van der Waals surface area contributed by atoms with E-state index in [0.29, 0.717) is 30.0 Å². The third-order valence-electron chi connectivity index (χ3n) is 4.65. The van der Waals surface area contributed by atoms with Gasteiger partial charge < -0.3 is 10.0 Å². The molecule has 1 fully saturated rings. The molecule has 0 aliphatic carbocycles. The highest BCUT2D eigenvalue weighted by Crippen LogP contribution is 2.26. The third-order valence-corrected chi connectivity index (χ3v) is 4.65. The van der Waals surface area contributed by atoms with Crippen LogP contribution >= 0.6 is 0 Å². The van der Waals surface area contributed by atoms with Crippen molar-refractivity contribution >= 4 is 23.3 Å². The fourth-order valence-electron chi connectivity index (χ4n) is 2.94. The number of carboxylic acids is 1. The number of aromatic carboxylic acids is 1. The zero-order valence-electron chi connectivity index (χ0n) is 15.8. The number of nitrogens with zero attached hydrogens (tertiary/aromatic N) is 4. The van der Waals surface area contributed by atoms with Crippen LogP contribution in [-0.2, 0) is 0 Å². The summed E-state index contributed by atoms with van der Waals surface area (Å²) in [6.45, 7) is 1.07. The van der Waals surface area contributed by atoms with Crippen molar-refractivity contribution in [1.29, 1.82) is 0 Å². The average molecular weight is 402 g/mol. The monoisotopic (exact) mass is 402 g/mol. The van der Waals surface area contributed by atoms with Gasteiger partial charge in [0.25, 0.3) is 5.92 Å². The highest BCUT2D eigenvalue weighted by Gasteiger charge is 2.32. The highest BCUT2D eigenvalue weighted by atomic mass is 19.3. The minimum Gasteiger partial charge on any atom is -0.478 e. The number of aldehydes is 1. The van der Waals surface area contributed by atoms with Crippen molar-refractivity contribution in [3.8, 4) is 5.69 Å². The number of hydrogen-bond acceptors (Lipinski definition) is 5. The van der Waals surface area contributed by atoms with Gasteiger partial charge in [-0.1, -0.05) is 0 Å². The predicted octanol–water partition coefficient (Wildman–Crippen LogP) is 3.28. The molecule has 0 radical (unpaired) electrons. The lowest BCUT2D eigenvalue weighted by molar-refractivity contribution is -0.0504. The summed E-state index contributed by atoms with van der Waals surface area (Å²) in [5, 5.41) is 9.79. The standard InChI is InChI=1S/C14H9N3O3.C6H11F2N/c18-8-9-3-10-1-2-17(13(10)16-5-9)12-4-11(14(19)20)6-15-7-12;1-9-4-2-6(7,8)3-5-9/h1-8H,(H,19,20);2-5H2,1H3. The number of carbonyl (C=O) groups is 2. The van der Waals surface area contributed by atoms with E-state index >= 15 is 0 Å². The number of piperidine rings is 1. The molecular formula is C20H20F2N4O3. The Morgan fingerprint density at radius 3 is 2.55 bits per heavy atom. The molecule has 152 valence electrons. The van der Waals surface area contributed by atoms with Crippen LogP contribution in [0.2, 0.25) is 0 Å². The molecule has 0 saturated carbocycles. The van der Waals surface area contributed by atoms with E-state index in [1.807, 2.05) is 18.0 Å². The molecule has 9 heteroatoms. The molecule has 0 unspecified atom stereocenters. The molecule has 0 atom stereocenters. The van der Waals surface area contributed by atoms with Crippen molar-refractivity contribution in [2.45, 2.75) is 18.8 Å². The van der Waals surface area contributed by atoms with Crippen LogP contribution in [0.5, 0.6) is 0 Å². The zero-order valence-corrected chi connectivity index (χ0v) is 15.8. The van der Waals surface area contributed by atoms with E-state index in [4.69, 9.17) is 5.11 Å². The van der Waals surface area contributed by atoms with E-state index in [1.165, 1.54) is 18.5 Å². The first-order valence-electron chi connectivity index (χ1n) is 8.96. The summed E-state index contributed by atoms with van der Waals surface area (Å²) in [5.41, 5.74) is 1.84. The number of fused-ring (bicyclic) bond motifs is 1. The van der Waals surface area contributed by atoms with Crippen LogP contribution in [0.15, 0.2) is 43.0 Å². The Morgan fingerprint density at radius 2 is 1.93 bits per heavy atom. The topological polar surface area (TPSA) is 88.3 Å². The van der Waals surface area contributed by atoms with E-state index in [2.05, 4.69) is 9.97 Å². The minimum atomic E-state index is -2.38. The fraction of sp³-hybridized carbons (Fsp3) is 0.300. The Balaban J connectivity index is 0.000000224.